The highest BCUT2D eigenvalue weighted by molar-refractivity contribution is 5.46. The monoisotopic (exact) mass is 253 g/mol. The summed E-state index contributed by atoms with van der Waals surface area (Å²) in [5.41, 5.74) is 0.960. The van der Waals surface area contributed by atoms with Gasteiger partial charge in [-0.3, -0.25) is 0 Å². The molecule has 0 aliphatic heterocycles. The predicted molar refractivity (Wildman–Crippen MR) is 73.2 cm³/mol. The highest BCUT2D eigenvalue weighted by Crippen LogP contribution is 2.15. The van der Waals surface area contributed by atoms with Gasteiger partial charge in [-0.2, -0.15) is 0 Å². The largest absolute Gasteiger partial charge is 0.494 e. The molecule has 0 aliphatic carbocycles. The topological polar surface area (TPSA) is 50.7 Å². The van der Waals surface area contributed by atoms with Crippen LogP contribution in [0.2, 0.25) is 0 Å². The average Bonchev–Trinajstić information content (AvgIpc) is 2.36. The van der Waals surface area contributed by atoms with Crippen LogP contribution in [0.15, 0.2) is 24.3 Å². The van der Waals surface area contributed by atoms with Gasteiger partial charge in [-0.15, -0.1) is 0 Å². The number of hydrogen-bond donors (Lipinski definition) is 2. The fourth-order valence-electron chi connectivity index (χ4n) is 1.43. The number of benzene rings is 1. The van der Waals surface area contributed by atoms with Crippen molar-refractivity contribution in [2.45, 2.75) is 33.0 Å². The van der Waals surface area contributed by atoms with Crippen molar-refractivity contribution in [2.75, 3.05) is 25.1 Å². The van der Waals surface area contributed by atoms with Crippen LogP contribution in [0.25, 0.3) is 0 Å². The van der Waals surface area contributed by atoms with E-state index in [-0.39, 0.29) is 6.10 Å². The van der Waals surface area contributed by atoms with Crippen LogP contribution in [0.4, 0.5) is 5.69 Å². The smallest absolute Gasteiger partial charge is 0.119 e. The van der Waals surface area contributed by atoms with Gasteiger partial charge in [0.2, 0.25) is 0 Å². The second-order valence-electron chi connectivity index (χ2n) is 4.37. The first-order valence-electron chi connectivity index (χ1n) is 6.38. The van der Waals surface area contributed by atoms with Crippen LogP contribution < -0.4 is 10.1 Å². The third kappa shape index (κ3) is 5.89. The maximum absolute atomic E-state index is 9.69. The molecule has 0 radical (unpaired) electrons. The van der Waals surface area contributed by atoms with E-state index in [1.807, 2.05) is 45.0 Å². The molecule has 0 aromatic heterocycles. The van der Waals surface area contributed by atoms with Crippen LogP contribution in [0.5, 0.6) is 5.75 Å². The Morgan fingerprint density at radius 1 is 1.22 bits per heavy atom. The highest BCUT2D eigenvalue weighted by Gasteiger charge is 2.05. The number of hydrogen-bond acceptors (Lipinski definition) is 4. The van der Waals surface area contributed by atoms with Gasteiger partial charge >= 0.3 is 0 Å². The van der Waals surface area contributed by atoms with Gasteiger partial charge in [-0.1, -0.05) is 0 Å². The zero-order chi connectivity index (χ0) is 13.4. The zero-order valence-electron chi connectivity index (χ0n) is 11.3. The Hall–Kier alpha value is -1.26. The van der Waals surface area contributed by atoms with Crippen molar-refractivity contribution in [3.63, 3.8) is 0 Å². The lowest BCUT2D eigenvalue weighted by molar-refractivity contribution is 0.0112. The molecule has 4 nitrogen and oxygen atoms in total. The molecule has 0 saturated heterocycles. The number of aliphatic hydroxyl groups is 1. The molecule has 0 heterocycles. The van der Waals surface area contributed by atoms with Gasteiger partial charge in [-0.25, -0.2) is 0 Å². The molecule has 1 unspecified atom stereocenters. The van der Waals surface area contributed by atoms with Gasteiger partial charge in [-0.05, 0) is 45.0 Å². The molecule has 1 atom stereocenters. The molecule has 0 saturated carbocycles. The Morgan fingerprint density at radius 3 is 2.44 bits per heavy atom. The molecule has 4 heteroatoms. The normalized spacial score (nSPS) is 12.5. The summed E-state index contributed by atoms with van der Waals surface area (Å²) in [6, 6.07) is 7.67. The number of aliphatic hydroxyl groups excluding tert-OH is 1. The van der Waals surface area contributed by atoms with E-state index >= 15 is 0 Å². The summed E-state index contributed by atoms with van der Waals surface area (Å²) in [7, 11) is 0. The van der Waals surface area contributed by atoms with Crippen LogP contribution >= 0.6 is 0 Å². The van der Waals surface area contributed by atoms with Crippen molar-refractivity contribution in [1.82, 2.24) is 0 Å². The third-order valence-corrected chi connectivity index (χ3v) is 2.33. The minimum atomic E-state index is -0.501. The Kier molecular flexibility index (Phi) is 6.54. The lowest BCUT2D eigenvalue weighted by atomic mass is 10.3. The van der Waals surface area contributed by atoms with Gasteiger partial charge in [0.05, 0.1) is 25.4 Å². The second kappa shape index (κ2) is 7.95. The van der Waals surface area contributed by atoms with Crippen LogP contribution in [-0.4, -0.2) is 37.1 Å². The summed E-state index contributed by atoms with van der Waals surface area (Å²) in [6.07, 6.45) is -0.357. The first-order valence-corrected chi connectivity index (χ1v) is 6.38. The molecule has 18 heavy (non-hydrogen) atoms. The van der Waals surface area contributed by atoms with E-state index in [9.17, 15) is 5.11 Å². The maximum atomic E-state index is 9.69. The average molecular weight is 253 g/mol. The minimum absolute atomic E-state index is 0.144. The summed E-state index contributed by atoms with van der Waals surface area (Å²) in [4.78, 5) is 0. The molecule has 1 rings (SSSR count). The molecule has 0 bridgehead atoms. The van der Waals surface area contributed by atoms with Crippen LogP contribution in [-0.2, 0) is 4.74 Å². The van der Waals surface area contributed by atoms with Crippen molar-refractivity contribution < 1.29 is 14.6 Å². The summed E-state index contributed by atoms with van der Waals surface area (Å²) in [5.74, 6) is 0.853. The molecule has 1 aromatic carbocycles. The summed E-state index contributed by atoms with van der Waals surface area (Å²) >= 11 is 0. The van der Waals surface area contributed by atoms with Gasteiger partial charge in [0, 0.05) is 12.2 Å². The van der Waals surface area contributed by atoms with Gasteiger partial charge in [0.25, 0.3) is 0 Å². The Balaban J connectivity index is 2.29. The van der Waals surface area contributed by atoms with Crippen LogP contribution in [0.3, 0.4) is 0 Å². The number of nitrogens with one attached hydrogen (secondary N) is 1. The molecule has 0 fully saturated rings. The summed E-state index contributed by atoms with van der Waals surface area (Å²) < 4.78 is 10.7. The quantitative estimate of drug-likeness (QED) is 0.746. The molecule has 102 valence electrons. The van der Waals surface area contributed by atoms with E-state index in [2.05, 4.69) is 5.32 Å². The first-order chi connectivity index (χ1) is 8.61. The first kappa shape index (κ1) is 14.8. The fraction of sp³-hybridized carbons (Fsp3) is 0.571. The highest BCUT2D eigenvalue weighted by atomic mass is 16.5. The molecular weight excluding hydrogens is 230 g/mol. The third-order valence-electron chi connectivity index (χ3n) is 2.33. The number of ether oxygens (including phenoxy) is 2. The van der Waals surface area contributed by atoms with E-state index < -0.39 is 6.10 Å². The lowest BCUT2D eigenvalue weighted by Gasteiger charge is -2.15. The van der Waals surface area contributed by atoms with Gasteiger partial charge in [0.1, 0.15) is 5.75 Å². The number of rotatable bonds is 8. The lowest BCUT2D eigenvalue weighted by Crippen LogP contribution is -2.26. The summed E-state index contributed by atoms with van der Waals surface area (Å²) in [6.45, 7) is 7.34. The Labute approximate surface area is 109 Å². The molecule has 0 spiro atoms. The molecule has 0 amide bonds. The van der Waals surface area contributed by atoms with Crippen molar-refractivity contribution in [2.24, 2.45) is 0 Å². The number of anilines is 1. The van der Waals surface area contributed by atoms with Crippen LogP contribution in [0, 0.1) is 0 Å². The Bertz CT molecular complexity index is 324. The second-order valence-corrected chi connectivity index (χ2v) is 4.37. The maximum Gasteiger partial charge on any atom is 0.119 e. The summed E-state index contributed by atoms with van der Waals surface area (Å²) in [5, 5.41) is 12.8. The van der Waals surface area contributed by atoms with Crippen molar-refractivity contribution in [1.29, 1.82) is 0 Å². The Morgan fingerprint density at radius 2 is 1.89 bits per heavy atom. The van der Waals surface area contributed by atoms with Gasteiger partial charge < -0.3 is 19.9 Å². The van der Waals surface area contributed by atoms with E-state index in [0.717, 1.165) is 11.4 Å². The van der Waals surface area contributed by atoms with E-state index in [4.69, 9.17) is 9.47 Å². The van der Waals surface area contributed by atoms with E-state index in [0.29, 0.717) is 19.8 Å². The molecular formula is C14H23NO3. The molecule has 1 aromatic rings. The molecule has 2 N–H and O–H groups in total. The van der Waals surface area contributed by atoms with Crippen molar-refractivity contribution in [3.8, 4) is 5.75 Å². The van der Waals surface area contributed by atoms with Crippen molar-refractivity contribution in [3.05, 3.63) is 24.3 Å². The SMILES string of the molecule is CCOc1ccc(NCC(O)COC(C)C)cc1. The fourth-order valence-corrected chi connectivity index (χ4v) is 1.43. The predicted octanol–water partition coefficient (Wildman–Crippen LogP) is 2.28. The van der Waals surface area contributed by atoms with Gasteiger partial charge in [0.15, 0.2) is 0 Å². The van der Waals surface area contributed by atoms with E-state index in [1.54, 1.807) is 0 Å². The van der Waals surface area contributed by atoms with Crippen molar-refractivity contribution >= 4 is 5.69 Å². The van der Waals surface area contributed by atoms with E-state index in [1.165, 1.54) is 0 Å². The van der Waals surface area contributed by atoms with Crippen LogP contribution in [0.1, 0.15) is 20.8 Å². The standard InChI is InChI=1S/C14H23NO3/c1-4-17-14-7-5-12(6-8-14)15-9-13(16)10-18-11(2)3/h5-8,11,13,15-16H,4,9-10H2,1-3H3. The zero-order valence-corrected chi connectivity index (χ0v) is 11.3. The minimum Gasteiger partial charge on any atom is -0.494 e. The molecule has 0 aliphatic rings.